The first-order valence-corrected chi connectivity index (χ1v) is 8.56. The van der Waals surface area contributed by atoms with Gasteiger partial charge in [-0.1, -0.05) is 0 Å². The first-order valence-electron chi connectivity index (χ1n) is 8.56. The summed E-state index contributed by atoms with van der Waals surface area (Å²) in [6.45, 7) is 4.59. The molecule has 2 saturated heterocycles. The molecule has 1 atom stereocenters. The van der Waals surface area contributed by atoms with Crippen LogP contribution in [0.2, 0.25) is 0 Å². The van der Waals surface area contributed by atoms with Crippen molar-refractivity contribution in [2.75, 3.05) is 54.5 Å². The molecule has 0 aromatic carbocycles. The molecule has 2 aliphatic heterocycles. The molecule has 0 spiro atoms. The molecule has 0 saturated carbocycles. The predicted octanol–water partition coefficient (Wildman–Crippen LogP) is 1.54. The number of halogens is 1. The maximum atomic E-state index is 13.9. The maximum Gasteiger partial charge on any atom is 0.165 e. The maximum absolute atomic E-state index is 13.9. The molecule has 0 radical (unpaired) electrons. The molecule has 0 bridgehead atoms. The fourth-order valence-electron chi connectivity index (χ4n) is 3.28. The fourth-order valence-corrected chi connectivity index (χ4v) is 3.28. The average molecular weight is 344 g/mol. The van der Waals surface area contributed by atoms with Crippen LogP contribution in [0.5, 0.6) is 0 Å². The van der Waals surface area contributed by atoms with E-state index in [-0.39, 0.29) is 11.9 Å². The van der Waals surface area contributed by atoms with Gasteiger partial charge in [0.15, 0.2) is 11.6 Å². The first kappa shape index (κ1) is 16.0. The van der Waals surface area contributed by atoms with Crippen LogP contribution in [0.3, 0.4) is 0 Å². The van der Waals surface area contributed by atoms with Crippen molar-refractivity contribution in [2.45, 2.75) is 12.5 Å². The lowest BCUT2D eigenvalue weighted by Gasteiger charge is -2.28. The molecule has 0 aliphatic carbocycles. The van der Waals surface area contributed by atoms with Crippen molar-refractivity contribution < 1.29 is 9.13 Å². The number of rotatable bonds is 4. The predicted molar refractivity (Wildman–Crippen MR) is 93.5 cm³/mol. The van der Waals surface area contributed by atoms with Crippen LogP contribution in [0.25, 0.3) is 0 Å². The Morgan fingerprint density at radius 2 is 2.00 bits per heavy atom. The average Bonchev–Trinajstić information content (AvgIpc) is 3.11. The molecule has 1 unspecified atom stereocenters. The van der Waals surface area contributed by atoms with E-state index in [2.05, 4.69) is 25.2 Å². The Morgan fingerprint density at radius 3 is 2.84 bits per heavy atom. The highest BCUT2D eigenvalue weighted by molar-refractivity contribution is 5.50. The summed E-state index contributed by atoms with van der Waals surface area (Å²) in [7, 11) is 0. The Kier molecular flexibility index (Phi) is 4.60. The van der Waals surface area contributed by atoms with E-state index in [1.165, 1.54) is 6.07 Å². The van der Waals surface area contributed by atoms with Crippen LogP contribution in [0, 0.1) is 5.82 Å². The Hall–Kier alpha value is -2.48. The highest BCUT2D eigenvalue weighted by atomic mass is 19.1. The summed E-state index contributed by atoms with van der Waals surface area (Å²) in [6.07, 6.45) is 4.11. The van der Waals surface area contributed by atoms with Gasteiger partial charge >= 0.3 is 0 Å². The minimum absolute atomic E-state index is 0.203. The molecule has 4 heterocycles. The SMILES string of the molecule is Fc1cccnc1N1CCC(Nc2cc(N3CCOCC3)ncn2)C1. The summed E-state index contributed by atoms with van der Waals surface area (Å²) in [4.78, 5) is 17.0. The third-order valence-electron chi connectivity index (χ3n) is 4.57. The number of nitrogens with one attached hydrogen (secondary N) is 1. The van der Waals surface area contributed by atoms with Crippen molar-refractivity contribution in [1.82, 2.24) is 15.0 Å². The van der Waals surface area contributed by atoms with Crippen molar-refractivity contribution in [3.63, 3.8) is 0 Å². The Bertz CT molecular complexity index is 724. The van der Waals surface area contributed by atoms with Crippen LogP contribution in [-0.4, -0.2) is 60.4 Å². The van der Waals surface area contributed by atoms with E-state index < -0.39 is 0 Å². The topological polar surface area (TPSA) is 66.4 Å². The standard InChI is InChI=1S/C17H21FN6O/c18-14-2-1-4-19-17(14)24-5-3-13(11-24)22-15-10-16(21-12-20-15)23-6-8-25-9-7-23/h1-2,4,10,12-13H,3,5-9,11H2,(H,20,21,22). The lowest BCUT2D eigenvalue weighted by Crippen LogP contribution is -2.36. The largest absolute Gasteiger partial charge is 0.378 e. The van der Waals surface area contributed by atoms with Gasteiger partial charge in [0.1, 0.15) is 18.0 Å². The van der Waals surface area contributed by atoms with Gasteiger partial charge in [-0.05, 0) is 18.6 Å². The van der Waals surface area contributed by atoms with Gasteiger partial charge in [0, 0.05) is 44.5 Å². The third kappa shape index (κ3) is 3.63. The van der Waals surface area contributed by atoms with E-state index >= 15 is 0 Å². The van der Waals surface area contributed by atoms with Crippen LogP contribution in [0.15, 0.2) is 30.7 Å². The second-order valence-corrected chi connectivity index (χ2v) is 6.25. The van der Waals surface area contributed by atoms with Gasteiger partial charge in [-0.15, -0.1) is 0 Å². The molecule has 1 N–H and O–H groups in total. The van der Waals surface area contributed by atoms with Gasteiger partial charge in [0.2, 0.25) is 0 Å². The van der Waals surface area contributed by atoms with Crippen molar-refractivity contribution in [1.29, 1.82) is 0 Å². The zero-order valence-electron chi connectivity index (χ0n) is 13.9. The van der Waals surface area contributed by atoms with E-state index in [4.69, 9.17) is 4.74 Å². The molecule has 2 aliphatic rings. The van der Waals surface area contributed by atoms with Gasteiger partial charge < -0.3 is 19.9 Å². The normalized spacial score (nSPS) is 20.8. The lowest BCUT2D eigenvalue weighted by molar-refractivity contribution is 0.122. The summed E-state index contributed by atoms with van der Waals surface area (Å²) in [5.41, 5.74) is 0. The van der Waals surface area contributed by atoms with Crippen molar-refractivity contribution in [3.05, 3.63) is 36.5 Å². The Labute approximate surface area is 145 Å². The minimum Gasteiger partial charge on any atom is -0.378 e. The summed E-state index contributed by atoms with van der Waals surface area (Å²) in [5, 5.41) is 3.44. The number of morpholine rings is 1. The third-order valence-corrected chi connectivity index (χ3v) is 4.57. The van der Waals surface area contributed by atoms with Crippen LogP contribution in [0.1, 0.15) is 6.42 Å². The quantitative estimate of drug-likeness (QED) is 0.902. The molecule has 8 heteroatoms. The molecule has 0 amide bonds. The summed E-state index contributed by atoms with van der Waals surface area (Å²) < 4.78 is 19.3. The molecule has 4 rings (SSSR count). The number of hydrogen-bond acceptors (Lipinski definition) is 7. The number of anilines is 3. The summed E-state index contributed by atoms with van der Waals surface area (Å²) in [6, 6.07) is 5.23. The number of pyridine rings is 1. The summed E-state index contributed by atoms with van der Waals surface area (Å²) in [5.74, 6) is 1.85. The number of nitrogens with zero attached hydrogens (tertiary/aromatic N) is 5. The highest BCUT2D eigenvalue weighted by Crippen LogP contribution is 2.23. The first-order chi connectivity index (χ1) is 12.3. The zero-order chi connectivity index (χ0) is 17.1. The van der Waals surface area contributed by atoms with E-state index in [0.29, 0.717) is 12.4 Å². The monoisotopic (exact) mass is 344 g/mol. The molecule has 2 fully saturated rings. The van der Waals surface area contributed by atoms with Crippen LogP contribution < -0.4 is 15.1 Å². The van der Waals surface area contributed by atoms with Gasteiger partial charge in [-0.2, -0.15) is 0 Å². The zero-order valence-corrected chi connectivity index (χ0v) is 13.9. The second kappa shape index (κ2) is 7.18. The molecule has 2 aromatic heterocycles. The fraction of sp³-hybridized carbons (Fsp3) is 0.471. The summed E-state index contributed by atoms with van der Waals surface area (Å²) >= 11 is 0. The van der Waals surface area contributed by atoms with Crippen molar-refractivity contribution >= 4 is 17.5 Å². The van der Waals surface area contributed by atoms with E-state index in [9.17, 15) is 4.39 Å². The molecule has 2 aromatic rings. The number of ether oxygens (including phenoxy) is 1. The van der Waals surface area contributed by atoms with Gasteiger partial charge in [-0.25, -0.2) is 19.3 Å². The van der Waals surface area contributed by atoms with Gasteiger partial charge in [0.25, 0.3) is 0 Å². The molecule has 25 heavy (non-hydrogen) atoms. The van der Waals surface area contributed by atoms with Crippen LogP contribution >= 0.6 is 0 Å². The highest BCUT2D eigenvalue weighted by Gasteiger charge is 2.25. The van der Waals surface area contributed by atoms with Crippen molar-refractivity contribution in [3.8, 4) is 0 Å². The van der Waals surface area contributed by atoms with Gasteiger partial charge in [-0.3, -0.25) is 0 Å². The Balaban J connectivity index is 1.40. The molecular formula is C17H21FN6O. The van der Waals surface area contributed by atoms with E-state index in [0.717, 1.165) is 50.9 Å². The van der Waals surface area contributed by atoms with Gasteiger partial charge in [0.05, 0.1) is 13.2 Å². The molecule has 7 nitrogen and oxygen atoms in total. The minimum atomic E-state index is -0.278. The van der Waals surface area contributed by atoms with Crippen LogP contribution in [0.4, 0.5) is 21.8 Å². The molecule has 132 valence electrons. The Morgan fingerprint density at radius 1 is 1.12 bits per heavy atom. The van der Waals surface area contributed by atoms with Crippen LogP contribution in [-0.2, 0) is 4.74 Å². The van der Waals surface area contributed by atoms with E-state index in [1.54, 1.807) is 18.6 Å². The molecular weight excluding hydrogens is 323 g/mol. The lowest BCUT2D eigenvalue weighted by atomic mass is 10.2. The number of hydrogen-bond donors (Lipinski definition) is 1. The van der Waals surface area contributed by atoms with E-state index in [1.807, 2.05) is 11.0 Å². The number of aromatic nitrogens is 3. The smallest absolute Gasteiger partial charge is 0.165 e. The second-order valence-electron chi connectivity index (χ2n) is 6.25. The van der Waals surface area contributed by atoms with Crippen molar-refractivity contribution in [2.24, 2.45) is 0 Å².